The maximum Gasteiger partial charge on any atom is 0.308 e. The number of hydrogen-bond acceptors (Lipinski definition) is 8. The molecule has 9 nitrogen and oxygen atoms in total. The zero-order chi connectivity index (χ0) is 29.4. The second-order valence-electron chi connectivity index (χ2n) is 12.8. The standard InChI is InChI=1S/C32H38N2O7S/c1-20(35)39-26-12-11-24-17-27-32(41-21(2)36)14-13-25(33(3)42(37,38)19-23-7-5-4-6-8-23)30-31(32,28(24)29(26)40-30)15-16-34(27)18-22-9-10-22/h4-8,11-12,22,25,27,30H,9-10,13-19H2,1-3H3/t25-,27-,30+,31+,32-/m1/s1. The Labute approximate surface area is 247 Å². The molecule has 2 saturated carbocycles. The van der Waals surface area contributed by atoms with Crippen molar-refractivity contribution in [2.24, 2.45) is 5.92 Å². The van der Waals surface area contributed by atoms with Crippen LogP contribution in [0.5, 0.6) is 11.5 Å². The van der Waals surface area contributed by atoms with E-state index in [4.69, 9.17) is 14.2 Å². The molecular formula is C32H38N2O7S. The van der Waals surface area contributed by atoms with Gasteiger partial charge >= 0.3 is 11.9 Å². The Balaban J connectivity index is 1.37. The Morgan fingerprint density at radius 2 is 1.81 bits per heavy atom. The topological polar surface area (TPSA) is 102 Å². The Morgan fingerprint density at radius 1 is 1.05 bits per heavy atom. The van der Waals surface area contributed by atoms with Gasteiger partial charge in [-0.15, -0.1) is 0 Å². The van der Waals surface area contributed by atoms with E-state index in [2.05, 4.69) is 4.90 Å². The second-order valence-corrected chi connectivity index (χ2v) is 14.8. The molecule has 2 heterocycles. The molecule has 0 N–H and O–H groups in total. The van der Waals surface area contributed by atoms with Crippen LogP contribution in [0.3, 0.4) is 0 Å². The summed E-state index contributed by atoms with van der Waals surface area (Å²) in [5.74, 6) is 0.555. The molecule has 2 aliphatic heterocycles. The van der Waals surface area contributed by atoms with E-state index in [0.717, 1.165) is 24.2 Å². The first-order valence-corrected chi connectivity index (χ1v) is 16.6. The summed E-state index contributed by atoms with van der Waals surface area (Å²) in [6.45, 7) is 4.59. The summed E-state index contributed by atoms with van der Waals surface area (Å²) < 4.78 is 48.2. The average molecular weight is 595 g/mol. The maximum atomic E-state index is 13.9. The van der Waals surface area contributed by atoms with Crippen molar-refractivity contribution in [3.05, 3.63) is 59.2 Å². The monoisotopic (exact) mass is 594 g/mol. The summed E-state index contributed by atoms with van der Waals surface area (Å²) in [5.41, 5.74) is 1.07. The predicted octanol–water partition coefficient (Wildman–Crippen LogP) is 3.58. The third kappa shape index (κ3) is 4.12. The molecule has 0 amide bonds. The molecule has 1 saturated heterocycles. The number of carbonyl (C=O) groups is 2. The Hall–Kier alpha value is -2.95. The van der Waals surface area contributed by atoms with Crippen molar-refractivity contribution < 1.29 is 32.2 Å². The number of likely N-dealkylation sites (tertiary alicyclic amines) is 1. The molecule has 3 aliphatic carbocycles. The minimum atomic E-state index is -3.72. The van der Waals surface area contributed by atoms with Crippen LogP contribution in [0.25, 0.3) is 0 Å². The van der Waals surface area contributed by atoms with Crippen molar-refractivity contribution in [2.75, 3.05) is 20.1 Å². The number of ether oxygens (including phenoxy) is 3. The number of piperidine rings is 1. The largest absolute Gasteiger partial charge is 0.483 e. The molecule has 2 bridgehead atoms. The van der Waals surface area contributed by atoms with E-state index in [1.54, 1.807) is 13.1 Å². The number of rotatable bonds is 8. The van der Waals surface area contributed by atoms with E-state index in [1.165, 1.54) is 31.0 Å². The molecule has 0 radical (unpaired) electrons. The van der Waals surface area contributed by atoms with E-state index in [9.17, 15) is 18.0 Å². The van der Waals surface area contributed by atoms with Gasteiger partial charge in [-0.25, -0.2) is 8.42 Å². The number of hydrogen-bond donors (Lipinski definition) is 0. The summed E-state index contributed by atoms with van der Waals surface area (Å²) in [5, 5.41) is 0. The van der Waals surface area contributed by atoms with E-state index in [1.807, 2.05) is 36.4 Å². The van der Waals surface area contributed by atoms with Crippen LogP contribution in [-0.2, 0) is 41.9 Å². The molecule has 0 unspecified atom stereocenters. The van der Waals surface area contributed by atoms with Gasteiger partial charge in [0.25, 0.3) is 0 Å². The zero-order valence-electron chi connectivity index (χ0n) is 24.4. The van der Waals surface area contributed by atoms with Crippen molar-refractivity contribution in [1.29, 1.82) is 0 Å². The number of nitrogens with zero attached hydrogens (tertiary/aromatic N) is 2. The highest BCUT2D eigenvalue weighted by Gasteiger charge is 2.76. The Morgan fingerprint density at radius 3 is 2.50 bits per heavy atom. The fourth-order valence-electron chi connectivity index (χ4n) is 8.58. The maximum absolute atomic E-state index is 13.9. The first-order valence-electron chi connectivity index (χ1n) is 15.0. The molecule has 2 aromatic carbocycles. The van der Waals surface area contributed by atoms with Crippen molar-refractivity contribution in [3.8, 4) is 11.5 Å². The fraction of sp³-hybridized carbons (Fsp3) is 0.562. The number of carbonyl (C=O) groups excluding carboxylic acids is 2. The first-order chi connectivity index (χ1) is 20.1. The van der Waals surface area contributed by atoms with Gasteiger partial charge in [-0.05, 0) is 68.2 Å². The lowest BCUT2D eigenvalue weighted by molar-refractivity contribution is -0.221. The van der Waals surface area contributed by atoms with Gasteiger partial charge in [-0.3, -0.25) is 14.5 Å². The van der Waals surface area contributed by atoms with Crippen LogP contribution in [0, 0.1) is 5.92 Å². The summed E-state index contributed by atoms with van der Waals surface area (Å²) in [6, 6.07) is 12.4. The van der Waals surface area contributed by atoms with Gasteiger partial charge in [-0.1, -0.05) is 36.4 Å². The summed E-state index contributed by atoms with van der Waals surface area (Å²) >= 11 is 0. The Bertz CT molecular complexity index is 1540. The summed E-state index contributed by atoms with van der Waals surface area (Å²) in [7, 11) is -2.08. The summed E-state index contributed by atoms with van der Waals surface area (Å²) in [6.07, 6.45) is 4.17. The van der Waals surface area contributed by atoms with Crippen LogP contribution in [0.2, 0.25) is 0 Å². The van der Waals surface area contributed by atoms with Crippen molar-refractivity contribution in [2.45, 2.75) is 87.3 Å². The molecule has 10 heteroatoms. The van der Waals surface area contributed by atoms with E-state index < -0.39 is 39.2 Å². The molecule has 1 spiro atoms. The highest BCUT2D eigenvalue weighted by atomic mass is 32.2. The van der Waals surface area contributed by atoms with Gasteiger partial charge in [0.2, 0.25) is 10.0 Å². The average Bonchev–Trinajstić information content (AvgIpc) is 3.68. The zero-order valence-corrected chi connectivity index (χ0v) is 25.2. The number of sulfonamides is 1. The molecule has 224 valence electrons. The van der Waals surface area contributed by atoms with Gasteiger partial charge in [0.05, 0.1) is 23.3 Å². The van der Waals surface area contributed by atoms with E-state index >= 15 is 0 Å². The van der Waals surface area contributed by atoms with E-state index in [-0.39, 0.29) is 17.8 Å². The molecule has 0 aromatic heterocycles. The van der Waals surface area contributed by atoms with Gasteiger partial charge in [0.1, 0.15) is 11.7 Å². The normalized spacial score (nSPS) is 31.3. The van der Waals surface area contributed by atoms with Crippen molar-refractivity contribution in [1.82, 2.24) is 9.21 Å². The third-order valence-electron chi connectivity index (χ3n) is 10.4. The quantitative estimate of drug-likeness (QED) is 0.338. The van der Waals surface area contributed by atoms with Gasteiger partial charge in [0.15, 0.2) is 11.5 Å². The predicted molar refractivity (Wildman–Crippen MR) is 155 cm³/mol. The van der Waals surface area contributed by atoms with Crippen LogP contribution >= 0.6 is 0 Å². The molecule has 2 aromatic rings. The number of esters is 2. The highest BCUT2D eigenvalue weighted by molar-refractivity contribution is 7.88. The Kier molecular flexibility index (Phi) is 6.49. The fourth-order valence-corrected chi connectivity index (χ4v) is 10.0. The summed E-state index contributed by atoms with van der Waals surface area (Å²) in [4.78, 5) is 27.5. The smallest absolute Gasteiger partial charge is 0.308 e. The molecule has 5 aliphatic rings. The SMILES string of the molecule is CC(=O)Oc1ccc2c3c1O[C@H]1[C@H](N(C)S(=O)(=O)Cc4ccccc4)CC[C@@]4(OC(C)=O)[C@@H](C2)N(CC2CC2)CC[C@]314. The molecule has 7 rings (SSSR count). The van der Waals surface area contributed by atoms with Gasteiger partial charge in [0, 0.05) is 33.0 Å². The lowest BCUT2D eigenvalue weighted by Gasteiger charge is -2.65. The van der Waals surface area contributed by atoms with Crippen LogP contribution in [0.1, 0.15) is 62.6 Å². The third-order valence-corrected chi connectivity index (χ3v) is 12.2. The van der Waals surface area contributed by atoms with Gasteiger partial charge in [-0.2, -0.15) is 4.31 Å². The van der Waals surface area contributed by atoms with Crippen molar-refractivity contribution >= 4 is 22.0 Å². The van der Waals surface area contributed by atoms with Crippen LogP contribution in [0.4, 0.5) is 0 Å². The highest BCUT2D eigenvalue weighted by Crippen LogP contribution is 2.67. The number of benzene rings is 2. The molecular weight excluding hydrogens is 556 g/mol. The minimum absolute atomic E-state index is 0.0490. The number of likely N-dealkylation sites (N-methyl/N-ethyl adjacent to an activating group) is 1. The van der Waals surface area contributed by atoms with Crippen LogP contribution in [-0.4, -0.2) is 73.5 Å². The van der Waals surface area contributed by atoms with Crippen molar-refractivity contribution in [3.63, 3.8) is 0 Å². The molecule has 42 heavy (non-hydrogen) atoms. The van der Waals surface area contributed by atoms with Gasteiger partial charge < -0.3 is 14.2 Å². The minimum Gasteiger partial charge on any atom is -0.483 e. The first kappa shape index (κ1) is 27.9. The lowest BCUT2D eigenvalue weighted by atomic mass is 9.48. The van der Waals surface area contributed by atoms with E-state index in [0.29, 0.717) is 48.7 Å². The second kappa shape index (κ2) is 9.79. The van der Waals surface area contributed by atoms with Crippen LogP contribution in [0.15, 0.2) is 42.5 Å². The molecule has 5 atom stereocenters. The lowest BCUT2D eigenvalue weighted by Crippen LogP contribution is -2.79. The van der Waals surface area contributed by atoms with Crippen LogP contribution < -0.4 is 9.47 Å². The molecule has 3 fully saturated rings.